The Morgan fingerprint density at radius 3 is 2.94 bits per heavy atom. The van der Waals surface area contributed by atoms with Crippen LogP contribution < -0.4 is 11.1 Å². The van der Waals surface area contributed by atoms with E-state index in [4.69, 9.17) is 5.73 Å². The predicted octanol–water partition coefficient (Wildman–Crippen LogP) is 3.03. The lowest BCUT2D eigenvalue weighted by atomic mass is 10.2. The average molecular weight is 273 g/mol. The predicted molar refractivity (Wildman–Crippen MR) is 71.7 cm³/mol. The largest absolute Gasteiger partial charge is 0.381 e. The zero-order valence-electron chi connectivity index (χ0n) is 10.2. The van der Waals surface area contributed by atoms with Crippen LogP contribution in [0.2, 0.25) is 0 Å². The molecular weight excluding hydrogens is 256 g/mol. The second-order valence-electron chi connectivity index (χ2n) is 4.42. The second-order valence-corrected chi connectivity index (χ2v) is 5.99. The smallest absolute Gasteiger partial charge is 0.168 e. The highest BCUT2D eigenvalue weighted by molar-refractivity contribution is 7.99. The van der Waals surface area contributed by atoms with Crippen LogP contribution >= 0.6 is 11.8 Å². The average Bonchev–Trinajstić information content (AvgIpc) is 2.74. The number of nitrogen functional groups attached to an aromatic ring is 1. The van der Waals surface area contributed by atoms with Crippen LogP contribution in [0.25, 0.3) is 0 Å². The van der Waals surface area contributed by atoms with Gasteiger partial charge in [-0.3, -0.25) is 0 Å². The fourth-order valence-corrected chi connectivity index (χ4v) is 3.38. The Hall–Kier alpha value is -1.04. The number of nitrogens with zero attached hydrogens (tertiary/aromatic N) is 1. The standard InChI is InChI=1S/C12H17F2N3S/c1-2-18-8-4-3-7(5-8)16-12-10(14)6-9(13)11(15)17-12/h6-8H,2-5H2,1H3,(H3,15,16,17). The minimum Gasteiger partial charge on any atom is -0.381 e. The molecule has 1 aromatic heterocycles. The van der Waals surface area contributed by atoms with E-state index in [1.807, 2.05) is 11.8 Å². The van der Waals surface area contributed by atoms with Crippen LogP contribution in [0.3, 0.4) is 0 Å². The van der Waals surface area contributed by atoms with E-state index in [9.17, 15) is 8.78 Å². The molecule has 2 unspecified atom stereocenters. The summed E-state index contributed by atoms with van der Waals surface area (Å²) in [6, 6.07) is 0.971. The molecule has 3 N–H and O–H groups in total. The molecule has 0 amide bonds. The second kappa shape index (κ2) is 5.73. The van der Waals surface area contributed by atoms with Crippen molar-refractivity contribution in [2.24, 2.45) is 0 Å². The van der Waals surface area contributed by atoms with Crippen molar-refractivity contribution in [1.29, 1.82) is 0 Å². The highest BCUT2D eigenvalue weighted by Gasteiger charge is 2.25. The number of thioether (sulfide) groups is 1. The first kappa shape index (κ1) is 13.4. The number of pyridine rings is 1. The lowest BCUT2D eigenvalue weighted by Gasteiger charge is -2.14. The highest BCUT2D eigenvalue weighted by atomic mass is 32.2. The van der Waals surface area contributed by atoms with Crippen molar-refractivity contribution >= 4 is 23.4 Å². The summed E-state index contributed by atoms with van der Waals surface area (Å²) in [6.45, 7) is 2.13. The monoisotopic (exact) mass is 273 g/mol. The number of nitrogens with two attached hydrogens (primary N) is 1. The molecular formula is C12H17F2N3S. The van der Waals surface area contributed by atoms with Gasteiger partial charge in [-0.1, -0.05) is 6.92 Å². The van der Waals surface area contributed by atoms with Crippen molar-refractivity contribution in [3.8, 4) is 0 Å². The van der Waals surface area contributed by atoms with Crippen LogP contribution in [0.15, 0.2) is 6.07 Å². The molecule has 2 atom stereocenters. The number of rotatable bonds is 4. The first-order chi connectivity index (χ1) is 8.60. The first-order valence-corrected chi connectivity index (χ1v) is 7.14. The molecule has 0 radical (unpaired) electrons. The lowest BCUT2D eigenvalue weighted by molar-refractivity contribution is 0.576. The molecule has 2 rings (SSSR count). The molecule has 1 aliphatic carbocycles. The van der Waals surface area contributed by atoms with Gasteiger partial charge < -0.3 is 11.1 Å². The summed E-state index contributed by atoms with van der Waals surface area (Å²) >= 11 is 1.92. The molecule has 1 fully saturated rings. The molecule has 0 spiro atoms. The Bertz CT molecular complexity index is 428. The molecule has 1 aromatic rings. The van der Waals surface area contributed by atoms with Crippen molar-refractivity contribution in [3.63, 3.8) is 0 Å². The molecule has 0 aromatic carbocycles. The molecule has 18 heavy (non-hydrogen) atoms. The van der Waals surface area contributed by atoms with Gasteiger partial charge in [0, 0.05) is 17.4 Å². The van der Waals surface area contributed by atoms with Crippen LogP contribution in [0, 0.1) is 11.6 Å². The van der Waals surface area contributed by atoms with Crippen molar-refractivity contribution in [1.82, 2.24) is 4.98 Å². The van der Waals surface area contributed by atoms with Gasteiger partial charge in [0.15, 0.2) is 23.3 Å². The van der Waals surface area contributed by atoms with Gasteiger partial charge in [-0.05, 0) is 25.0 Å². The summed E-state index contributed by atoms with van der Waals surface area (Å²) in [5.41, 5.74) is 5.34. The van der Waals surface area contributed by atoms with E-state index in [0.717, 1.165) is 31.1 Å². The fourth-order valence-electron chi connectivity index (χ4n) is 2.23. The third kappa shape index (κ3) is 3.04. The van der Waals surface area contributed by atoms with E-state index in [-0.39, 0.29) is 17.7 Å². The van der Waals surface area contributed by atoms with Gasteiger partial charge in [0.05, 0.1) is 0 Å². The number of anilines is 2. The van der Waals surface area contributed by atoms with Gasteiger partial charge in [0.1, 0.15) is 0 Å². The molecule has 6 heteroatoms. The van der Waals surface area contributed by atoms with E-state index in [1.54, 1.807) is 0 Å². The maximum absolute atomic E-state index is 13.5. The highest BCUT2D eigenvalue weighted by Crippen LogP contribution is 2.31. The maximum atomic E-state index is 13.5. The summed E-state index contributed by atoms with van der Waals surface area (Å²) in [4.78, 5) is 3.72. The van der Waals surface area contributed by atoms with Crippen LogP contribution in [-0.4, -0.2) is 22.0 Å². The summed E-state index contributed by atoms with van der Waals surface area (Å²) in [5.74, 6) is -0.623. The zero-order valence-corrected chi connectivity index (χ0v) is 11.1. The maximum Gasteiger partial charge on any atom is 0.168 e. The Balaban J connectivity index is 2.00. The zero-order chi connectivity index (χ0) is 13.1. The van der Waals surface area contributed by atoms with E-state index >= 15 is 0 Å². The molecule has 0 bridgehead atoms. The third-order valence-electron chi connectivity index (χ3n) is 3.08. The van der Waals surface area contributed by atoms with E-state index < -0.39 is 11.6 Å². The van der Waals surface area contributed by atoms with E-state index in [1.165, 1.54) is 0 Å². The Morgan fingerprint density at radius 2 is 2.22 bits per heavy atom. The minimum absolute atomic E-state index is 0.0565. The molecule has 100 valence electrons. The number of aromatic nitrogens is 1. The topological polar surface area (TPSA) is 50.9 Å². The first-order valence-electron chi connectivity index (χ1n) is 6.09. The van der Waals surface area contributed by atoms with E-state index in [0.29, 0.717) is 5.25 Å². The number of hydrogen-bond donors (Lipinski definition) is 2. The van der Waals surface area contributed by atoms with E-state index in [2.05, 4.69) is 17.2 Å². The quantitative estimate of drug-likeness (QED) is 0.885. The molecule has 3 nitrogen and oxygen atoms in total. The Labute approximate surface area is 110 Å². The molecule has 1 saturated carbocycles. The fraction of sp³-hybridized carbons (Fsp3) is 0.583. The molecule has 1 aliphatic rings. The van der Waals surface area contributed by atoms with Crippen molar-refractivity contribution < 1.29 is 8.78 Å². The Morgan fingerprint density at radius 1 is 1.44 bits per heavy atom. The number of nitrogens with one attached hydrogen (secondary N) is 1. The summed E-state index contributed by atoms with van der Waals surface area (Å²) in [6.07, 6.45) is 3.08. The van der Waals surface area contributed by atoms with Crippen molar-refractivity contribution in [2.75, 3.05) is 16.8 Å². The van der Waals surface area contributed by atoms with Crippen LogP contribution in [0.1, 0.15) is 26.2 Å². The van der Waals surface area contributed by atoms with Gasteiger partial charge in [-0.15, -0.1) is 0 Å². The minimum atomic E-state index is -0.816. The van der Waals surface area contributed by atoms with Gasteiger partial charge in [0.2, 0.25) is 0 Å². The summed E-state index contributed by atoms with van der Waals surface area (Å²) in [5, 5.41) is 3.64. The third-order valence-corrected chi connectivity index (χ3v) is 4.32. The SMILES string of the molecule is CCSC1CCC(Nc2nc(N)c(F)cc2F)C1. The van der Waals surface area contributed by atoms with Gasteiger partial charge in [-0.2, -0.15) is 11.8 Å². The number of halogens is 2. The van der Waals surface area contributed by atoms with Gasteiger partial charge in [-0.25, -0.2) is 13.8 Å². The lowest BCUT2D eigenvalue weighted by Crippen LogP contribution is -2.18. The van der Waals surface area contributed by atoms with Crippen LogP contribution in [0.4, 0.5) is 20.4 Å². The van der Waals surface area contributed by atoms with Crippen LogP contribution in [0.5, 0.6) is 0 Å². The molecule has 0 aliphatic heterocycles. The Kier molecular flexibility index (Phi) is 4.27. The molecule has 0 saturated heterocycles. The number of hydrogen-bond acceptors (Lipinski definition) is 4. The van der Waals surface area contributed by atoms with Crippen molar-refractivity contribution in [3.05, 3.63) is 17.7 Å². The van der Waals surface area contributed by atoms with Gasteiger partial charge in [0.25, 0.3) is 0 Å². The van der Waals surface area contributed by atoms with Crippen molar-refractivity contribution in [2.45, 2.75) is 37.5 Å². The molecule has 1 heterocycles. The normalized spacial score (nSPS) is 23.3. The summed E-state index contributed by atoms with van der Waals surface area (Å²) < 4.78 is 26.5. The summed E-state index contributed by atoms with van der Waals surface area (Å²) in [7, 11) is 0. The van der Waals surface area contributed by atoms with Gasteiger partial charge >= 0.3 is 0 Å². The van der Waals surface area contributed by atoms with Crippen LogP contribution in [-0.2, 0) is 0 Å².